The van der Waals surface area contributed by atoms with Crippen LogP contribution in [0.2, 0.25) is 0 Å². The SMILES string of the molecule is C[C@H](N)[C@H](Nc1nc(Nc2ccc3c(cnn3CC(F)F)c2)c(C(N)=O)cc1F)C1CC1. The van der Waals surface area contributed by atoms with Gasteiger partial charge in [-0.25, -0.2) is 18.2 Å². The molecule has 170 valence electrons. The number of hydrogen-bond acceptors (Lipinski definition) is 6. The van der Waals surface area contributed by atoms with E-state index in [9.17, 15) is 18.0 Å². The van der Waals surface area contributed by atoms with Crippen molar-refractivity contribution in [3.8, 4) is 0 Å². The number of amides is 1. The minimum absolute atomic E-state index is 0.0301. The molecule has 32 heavy (non-hydrogen) atoms. The van der Waals surface area contributed by atoms with Crippen LogP contribution in [0.15, 0.2) is 30.5 Å². The molecule has 2 aromatic heterocycles. The predicted molar refractivity (Wildman–Crippen MR) is 116 cm³/mol. The summed E-state index contributed by atoms with van der Waals surface area (Å²) >= 11 is 0. The van der Waals surface area contributed by atoms with E-state index < -0.39 is 24.7 Å². The lowest BCUT2D eigenvalue weighted by atomic mass is 10.1. The molecule has 0 aliphatic heterocycles. The molecular weight excluding hydrogens is 423 g/mol. The highest BCUT2D eigenvalue weighted by molar-refractivity contribution is 5.99. The van der Waals surface area contributed by atoms with Gasteiger partial charge < -0.3 is 22.1 Å². The Morgan fingerprint density at radius 1 is 1.28 bits per heavy atom. The average molecular weight is 447 g/mol. The van der Waals surface area contributed by atoms with Crippen molar-refractivity contribution in [2.24, 2.45) is 17.4 Å². The Morgan fingerprint density at radius 2 is 2.03 bits per heavy atom. The second-order valence-corrected chi connectivity index (χ2v) is 8.06. The fraction of sp³-hybridized carbons (Fsp3) is 0.381. The highest BCUT2D eigenvalue weighted by Gasteiger charge is 2.34. The first-order valence-electron chi connectivity index (χ1n) is 10.3. The molecule has 1 amide bonds. The van der Waals surface area contributed by atoms with Gasteiger partial charge in [0, 0.05) is 23.2 Å². The molecule has 0 radical (unpaired) electrons. The van der Waals surface area contributed by atoms with Gasteiger partial charge in [0.15, 0.2) is 11.6 Å². The van der Waals surface area contributed by atoms with Gasteiger partial charge in [-0.1, -0.05) is 0 Å². The number of primary amides is 1. The van der Waals surface area contributed by atoms with Crippen LogP contribution in [0.5, 0.6) is 0 Å². The van der Waals surface area contributed by atoms with E-state index in [1.807, 2.05) is 6.92 Å². The lowest BCUT2D eigenvalue weighted by Gasteiger charge is -2.23. The van der Waals surface area contributed by atoms with E-state index in [1.165, 1.54) is 10.9 Å². The first kappa shape index (κ1) is 21.9. The van der Waals surface area contributed by atoms with Crippen molar-refractivity contribution in [1.29, 1.82) is 0 Å². The van der Waals surface area contributed by atoms with Crippen molar-refractivity contribution in [3.63, 3.8) is 0 Å². The summed E-state index contributed by atoms with van der Waals surface area (Å²) in [5, 5.41) is 10.6. The van der Waals surface area contributed by atoms with Crippen molar-refractivity contribution < 1.29 is 18.0 Å². The van der Waals surface area contributed by atoms with Gasteiger partial charge in [-0.15, -0.1) is 0 Å². The van der Waals surface area contributed by atoms with Crippen LogP contribution >= 0.6 is 0 Å². The van der Waals surface area contributed by atoms with Crippen LogP contribution in [0, 0.1) is 11.7 Å². The Hall–Kier alpha value is -3.34. The molecule has 1 saturated carbocycles. The Balaban J connectivity index is 1.65. The highest BCUT2D eigenvalue weighted by Crippen LogP contribution is 2.36. The van der Waals surface area contributed by atoms with Crippen molar-refractivity contribution in [3.05, 3.63) is 41.8 Å². The molecule has 0 bridgehead atoms. The third-order valence-corrected chi connectivity index (χ3v) is 5.46. The smallest absolute Gasteiger partial charge is 0.257 e. The second kappa shape index (κ2) is 8.65. The molecule has 1 aliphatic rings. The third kappa shape index (κ3) is 4.62. The number of rotatable bonds is 9. The fourth-order valence-corrected chi connectivity index (χ4v) is 3.74. The van der Waals surface area contributed by atoms with Crippen LogP contribution in [0.1, 0.15) is 30.1 Å². The van der Waals surface area contributed by atoms with Crippen molar-refractivity contribution in [2.45, 2.75) is 44.8 Å². The second-order valence-electron chi connectivity index (χ2n) is 8.06. The first-order valence-corrected chi connectivity index (χ1v) is 10.3. The maximum Gasteiger partial charge on any atom is 0.257 e. The minimum atomic E-state index is -2.53. The van der Waals surface area contributed by atoms with Crippen molar-refractivity contribution >= 4 is 34.1 Å². The summed E-state index contributed by atoms with van der Waals surface area (Å²) < 4.78 is 41.3. The predicted octanol–water partition coefficient (Wildman–Crippen LogP) is 3.22. The Labute approximate surface area is 182 Å². The molecule has 11 heteroatoms. The van der Waals surface area contributed by atoms with E-state index in [-0.39, 0.29) is 29.3 Å². The van der Waals surface area contributed by atoms with Gasteiger partial charge in [-0.2, -0.15) is 5.10 Å². The number of nitrogens with zero attached hydrogens (tertiary/aromatic N) is 3. The number of nitrogens with two attached hydrogens (primary N) is 2. The molecule has 0 unspecified atom stereocenters. The Bertz CT molecular complexity index is 1140. The summed E-state index contributed by atoms with van der Waals surface area (Å²) in [7, 11) is 0. The van der Waals surface area contributed by atoms with Crippen LogP contribution in [0.3, 0.4) is 0 Å². The number of hydrogen-bond donors (Lipinski definition) is 4. The minimum Gasteiger partial charge on any atom is -0.365 e. The molecule has 2 atom stereocenters. The Kier molecular flexibility index (Phi) is 5.92. The summed E-state index contributed by atoms with van der Waals surface area (Å²) in [6, 6.07) is 5.58. The zero-order chi connectivity index (χ0) is 23.0. The van der Waals surface area contributed by atoms with Gasteiger partial charge in [0.05, 0.1) is 17.3 Å². The largest absolute Gasteiger partial charge is 0.365 e. The topological polar surface area (TPSA) is 124 Å². The molecule has 3 aromatic rings. The number of nitrogens with one attached hydrogen (secondary N) is 2. The number of alkyl halides is 2. The van der Waals surface area contributed by atoms with E-state index >= 15 is 0 Å². The molecule has 6 N–H and O–H groups in total. The van der Waals surface area contributed by atoms with E-state index in [0.717, 1.165) is 18.9 Å². The number of pyridine rings is 1. The zero-order valence-corrected chi connectivity index (χ0v) is 17.4. The van der Waals surface area contributed by atoms with E-state index in [2.05, 4.69) is 20.7 Å². The maximum absolute atomic E-state index is 14.7. The lowest BCUT2D eigenvalue weighted by Crippen LogP contribution is -2.40. The first-order chi connectivity index (χ1) is 15.2. The molecule has 1 aromatic carbocycles. The number of halogens is 3. The molecule has 1 aliphatic carbocycles. The van der Waals surface area contributed by atoms with Gasteiger partial charge in [0.2, 0.25) is 0 Å². The van der Waals surface area contributed by atoms with Gasteiger partial charge in [0.1, 0.15) is 12.4 Å². The molecule has 1 fully saturated rings. The normalized spacial score (nSPS) is 15.7. The molecule has 4 rings (SSSR count). The average Bonchev–Trinajstić information content (AvgIpc) is 3.49. The van der Waals surface area contributed by atoms with Gasteiger partial charge in [-0.05, 0) is 49.9 Å². The summed E-state index contributed by atoms with van der Waals surface area (Å²) in [5.74, 6) is -1.17. The maximum atomic E-state index is 14.7. The van der Waals surface area contributed by atoms with Crippen LogP contribution in [-0.2, 0) is 6.54 Å². The zero-order valence-electron chi connectivity index (χ0n) is 17.4. The van der Waals surface area contributed by atoms with Crippen LogP contribution in [-0.4, -0.2) is 39.2 Å². The lowest BCUT2D eigenvalue weighted by molar-refractivity contribution is 0.1000. The molecule has 2 heterocycles. The van der Waals surface area contributed by atoms with Crippen LogP contribution < -0.4 is 22.1 Å². The van der Waals surface area contributed by atoms with E-state index in [0.29, 0.717) is 22.5 Å². The quantitative estimate of drug-likeness (QED) is 0.399. The molecule has 8 nitrogen and oxygen atoms in total. The van der Waals surface area contributed by atoms with Crippen molar-refractivity contribution in [1.82, 2.24) is 14.8 Å². The standard InChI is InChI=1S/C21H24F3N7O/c1-10(25)18(11-2-3-11)29-21-15(22)7-14(19(26)32)20(30-21)28-13-4-5-16-12(6-13)8-27-31(16)9-17(23)24/h4-8,10-11,17-18H,2-3,9,25H2,1H3,(H2,26,32)(H2,28,29,30)/t10-,18-/m0/s1. The number of fused-ring (bicyclic) bond motifs is 1. The fourth-order valence-electron chi connectivity index (χ4n) is 3.74. The van der Waals surface area contributed by atoms with Crippen LogP contribution in [0.25, 0.3) is 10.9 Å². The monoisotopic (exact) mass is 447 g/mol. The van der Waals surface area contributed by atoms with Gasteiger partial charge in [-0.3, -0.25) is 9.48 Å². The Morgan fingerprint density at radius 3 is 2.66 bits per heavy atom. The molecular formula is C21H24F3N7O. The molecule has 0 saturated heterocycles. The molecule has 0 spiro atoms. The summed E-state index contributed by atoms with van der Waals surface area (Å²) in [6.45, 7) is 1.33. The third-order valence-electron chi connectivity index (χ3n) is 5.46. The number of carbonyl (C=O) groups is 1. The summed E-state index contributed by atoms with van der Waals surface area (Å²) in [4.78, 5) is 16.2. The summed E-state index contributed by atoms with van der Waals surface area (Å²) in [5.41, 5.74) is 12.4. The highest BCUT2D eigenvalue weighted by atomic mass is 19.3. The van der Waals surface area contributed by atoms with Gasteiger partial charge in [0.25, 0.3) is 12.3 Å². The van der Waals surface area contributed by atoms with Crippen LogP contribution in [0.4, 0.5) is 30.5 Å². The van der Waals surface area contributed by atoms with Gasteiger partial charge >= 0.3 is 0 Å². The number of anilines is 3. The van der Waals surface area contributed by atoms with Crippen molar-refractivity contribution in [2.75, 3.05) is 10.6 Å². The number of carbonyl (C=O) groups excluding carboxylic acids is 1. The van der Waals surface area contributed by atoms with E-state index in [1.54, 1.807) is 18.2 Å². The summed E-state index contributed by atoms with van der Waals surface area (Å²) in [6.07, 6.45) is 0.945. The number of aromatic nitrogens is 3. The number of benzene rings is 1. The van der Waals surface area contributed by atoms with E-state index in [4.69, 9.17) is 11.5 Å².